The summed E-state index contributed by atoms with van der Waals surface area (Å²) in [4.78, 5) is 0.191. The van der Waals surface area contributed by atoms with Gasteiger partial charge in [-0.2, -0.15) is 0 Å². The molecule has 0 radical (unpaired) electrons. The predicted octanol–water partition coefficient (Wildman–Crippen LogP) is 3.78. The maximum atomic E-state index is 13.5. The molecule has 0 spiro atoms. The van der Waals surface area contributed by atoms with Gasteiger partial charge in [0.15, 0.2) is 0 Å². The number of methoxy groups -OCH3 is 1. The van der Waals surface area contributed by atoms with Crippen LogP contribution in [0.15, 0.2) is 41.3 Å². The fourth-order valence-electron chi connectivity index (χ4n) is 3.85. The van der Waals surface area contributed by atoms with E-state index in [1.807, 2.05) is 58.0 Å². The van der Waals surface area contributed by atoms with E-state index in [9.17, 15) is 13.5 Å². The Morgan fingerprint density at radius 3 is 2.26 bits per heavy atom. The Balaban J connectivity index is 2.51. The van der Waals surface area contributed by atoms with Crippen LogP contribution in [0.25, 0.3) is 0 Å². The van der Waals surface area contributed by atoms with Crippen LogP contribution < -0.4 is 9.46 Å². The second-order valence-electron chi connectivity index (χ2n) is 8.32. The second-order valence-corrected chi connectivity index (χ2v) is 10.0. The number of aliphatic hydroxyl groups is 1. The lowest BCUT2D eigenvalue weighted by molar-refractivity contribution is 0.0748. The first-order valence-corrected chi connectivity index (χ1v) is 11.9. The molecule has 6 heteroatoms. The third kappa shape index (κ3) is 5.68. The van der Waals surface area contributed by atoms with Crippen molar-refractivity contribution < 1.29 is 18.3 Å². The Morgan fingerprint density at radius 2 is 1.74 bits per heavy atom. The molecule has 0 heterocycles. The molecule has 0 aliphatic heterocycles. The van der Waals surface area contributed by atoms with Crippen molar-refractivity contribution in [1.82, 2.24) is 4.72 Å². The van der Waals surface area contributed by atoms with E-state index in [4.69, 9.17) is 11.2 Å². The molecule has 5 nitrogen and oxygen atoms in total. The van der Waals surface area contributed by atoms with E-state index in [1.54, 1.807) is 20.1 Å². The summed E-state index contributed by atoms with van der Waals surface area (Å²) in [5.74, 6) is 2.51. The van der Waals surface area contributed by atoms with Gasteiger partial charge in [-0.05, 0) is 61.4 Å². The number of nitrogens with one attached hydrogen (secondary N) is 1. The lowest BCUT2D eigenvalue weighted by atomic mass is 9.85. The van der Waals surface area contributed by atoms with Crippen molar-refractivity contribution in [2.75, 3.05) is 7.11 Å². The first kappa shape index (κ1) is 24.9. The molecule has 0 unspecified atom stereocenters. The molecule has 168 valence electrons. The molecule has 0 amide bonds. The highest BCUT2D eigenvalue weighted by Gasteiger charge is 2.33. The van der Waals surface area contributed by atoms with E-state index in [1.165, 1.54) is 0 Å². The number of hydrogen-bond acceptors (Lipinski definition) is 4. The van der Waals surface area contributed by atoms with Gasteiger partial charge in [0.2, 0.25) is 10.0 Å². The molecule has 2 rings (SSSR count). The van der Waals surface area contributed by atoms with Crippen LogP contribution in [0, 0.1) is 45.0 Å². The van der Waals surface area contributed by atoms with Gasteiger partial charge in [-0.1, -0.05) is 50.1 Å². The smallest absolute Gasteiger partial charge is 0.241 e. The standard InChI is InChI=1S/C25H33NO4S/c1-8-21(24(27)16(2)3)22(15-20-12-10-9-11-13-20)26-31(28,29)23-14-17(4)25(30-7)19(6)18(23)5/h1,9-14,16,21-22,24,26-27H,15H2,2-7H3/t21-,22-,24-/m0/s1. The number of hydrogen-bond donors (Lipinski definition) is 2. The molecule has 2 aromatic rings. The third-order valence-electron chi connectivity index (χ3n) is 5.75. The van der Waals surface area contributed by atoms with Gasteiger partial charge in [-0.15, -0.1) is 6.42 Å². The van der Waals surface area contributed by atoms with Crippen LogP contribution in [-0.4, -0.2) is 32.8 Å². The second kappa shape index (κ2) is 10.3. The highest BCUT2D eigenvalue weighted by Crippen LogP contribution is 2.31. The number of sulfonamides is 1. The first-order valence-electron chi connectivity index (χ1n) is 10.4. The average Bonchev–Trinajstić information content (AvgIpc) is 2.71. The zero-order valence-electron chi connectivity index (χ0n) is 19.1. The summed E-state index contributed by atoms with van der Waals surface area (Å²) in [6.07, 6.45) is 5.30. The SMILES string of the molecule is C#C[C@@H]([C@H](Cc1ccccc1)NS(=O)(=O)c1cc(C)c(OC)c(C)c1C)[C@@H](O)C(C)C. The first-order chi connectivity index (χ1) is 14.5. The van der Waals surface area contributed by atoms with Gasteiger partial charge < -0.3 is 9.84 Å². The fourth-order valence-corrected chi connectivity index (χ4v) is 5.50. The van der Waals surface area contributed by atoms with E-state index < -0.39 is 28.1 Å². The molecular weight excluding hydrogens is 410 g/mol. The highest BCUT2D eigenvalue weighted by atomic mass is 32.2. The molecule has 0 bridgehead atoms. The lowest BCUT2D eigenvalue weighted by Gasteiger charge is -2.30. The highest BCUT2D eigenvalue weighted by molar-refractivity contribution is 7.89. The molecule has 0 aliphatic carbocycles. The van der Waals surface area contributed by atoms with Crippen molar-refractivity contribution in [3.05, 3.63) is 58.7 Å². The van der Waals surface area contributed by atoms with Gasteiger partial charge in [0.25, 0.3) is 0 Å². The topological polar surface area (TPSA) is 75.6 Å². The molecule has 31 heavy (non-hydrogen) atoms. The van der Waals surface area contributed by atoms with Crippen LogP contribution >= 0.6 is 0 Å². The summed E-state index contributed by atoms with van der Waals surface area (Å²) in [5, 5.41) is 10.7. The Morgan fingerprint density at radius 1 is 1.13 bits per heavy atom. The quantitative estimate of drug-likeness (QED) is 0.579. The minimum atomic E-state index is -3.91. The van der Waals surface area contributed by atoms with Gasteiger partial charge in [0.1, 0.15) is 5.75 Å². The van der Waals surface area contributed by atoms with Crippen molar-refractivity contribution >= 4 is 10.0 Å². The van der Waals surface area contributed by atoms with Crippen molar-refractivity contribution in [2.24, 2.45) is 11.8 Å². The van der Waals surface area contributed by atoms with E-state index in [2.05, 4.69) is 10.6 Å². The minimum Gasteiger partial charge on any atom is -0.496 e. The molecule has 0 fully saturated rings. The molecule has 2 N–H and O–H groups in total. The molecule has 0 aromatic heterocycles. The zero-order chi connectivity index (χ0) is 23.3. The van der Waals surface area contributed by atoms with Crippen LogP contribution in [0.4, 0.5) is 0 Å². The number of rotatable bonds is 9. The molecule has 0 saturated heterocycles. The van der Waals surface area contributed by atoms with Crippen molar-refractivity contribution in [3.8, 4) is 18.1 Å². The van der Waals surface area contributed by atoms with Gasteiger partial charge >= 0.3 is 0 Å². The monoisotopic (exact) mass is 443 g/mol. The van der Waals surface area contributed by atoms with Gasteiger partial charge in [-0.3, -0.25) is 0 Å². The Hall–Kier alpha value is -2.33. The van der Waals surface area contributed by atoms with E-state index in [0.717, 1.165) is 16.7 Å². The molecule has 3 atom stereocenters. The Kier molecular flexibility index (Phi) is 8.30. The Labute approximate surface area is 186 Å². The van der Waals surface area contributed by atoms with E-state index in [0.29, 0.717) is 17.7 Å². The third-order valence-corrected chi connectivity index (χ3v) is 7.37. The number of aryl methyl sites for hydroxylation is 1. The maximum Gasteiger partial charge on any atom is 0.241 e. The number of aliphatic hydroxyl groups excluding tert-OH is 1. The lowest BCUT2D eigenvalue weighted by Crippen LogP contribution is -2.47. The summed E-state index contributed by atoms with van der Waals surface area (Å²) < 4.78 is 35.2. The minimum absolute atomic E-state index is 0.115. The predicted molar refractivity (Wildman–Crippen MR) is 125 cm³/mol. The van der Waals surface area contributed by atoms with Gasteiger partial charge in [0, 0.05) is 6.04 Å². The van der Waals surface area contributed by atoms with Gasteiger partial charge in [0.05, 0.1) is 24.0 Å². The number of benzene rings is 2. The summed E-state index contributed by atoms with van der Waals surface area (Å²) in [6, 6.07) is 10.5. The molecule has 0 saturated carbocycles. The van der Waals surface area contributed by atoms with Crippen LogP contribution in [0.3, 0.4) is 0 Å². The van der Waals surface area contributed by atoms with Crippen LogP contribution in [0.1, 0.15) is 36.1 Å². The number of ether oxygens (including phenoxy) is 1. The number of terminal acetylenes is 1. The molecule has 2 aromatic carbocycles. The summed E-state index contributed by atoms with van der Waals surface area (Å²) in [6.45, 7) is 9.15. The van der Waals surface area contributed by atoms with Crippen molar-refractivity contribution in [2.45, 2.75) is 58.1 Å². The maximum absolute atomic E-state index is 13.5. The Bertz CT molecular complexity index is 1040. The normalized spacial score (nSPS) is 14.7. The molecule has 0 aliphatic rings. The van der Waals surface area contributed by atoms with E-state index in [-0.39, 0.29) is 10.8 Å². The van der Waals surface area contributed by atoms with Crippen LogP contribution in [0.5, 0.6) is 5.75 Å². The van der Waals surface area contributed by atoms with Crippen LogP contribution in [-0.2, 0) is 16.4 Å². The summed E-state index contributed by atoms with van der Waals surface area (Å²) >= 11 is 0. The molecular formula is C25H33NO4S. The fraction of sp³-hybridized carbons (Fsp3) is 0.440. The largest absolute Gasteiger partial charge is 0.496 e. The van der Waals surface area contributed by atoms with E-state index >= 15 is 0 Å². The summed E-state index contributed by atoms with van der Waals surface area (Å²) in [7, 11) is -2.34. The summed E-state index contributed by atoms with van der Waals surface area (Å²) in [5.41, 5.74) is 3.07. The van der Waals surface area contributed by atoms with Crippen molar-refractivity contribution in [1.29, 1.82) is 0 Å². The average molecular weight is 444 g/mol. The van der Waals surface area contributed by atoms with Gasteiger partial charge in [-0.25, -0.2) is 13.1 Å². The van der Waals surface area contributed by atoms with Crippen molar-refractivity contribution in [3.63, 3.8) is 0 Å². The zero-order valence-corrected chi connectivity index (χ0v) is 20.0. The van der Waals surface area contributed by atoms with Crippen LogP contribution in [0.2, 0.25) is 0 Å².